The van der Waals surface area contributed by atoms with Crippen molar-refractivity contribution in [3.05, 3.63) is 82.6 Å². The van der Waals surface area contributed by atoms with Crippen LogP contribution in [0.2, 0.25) is 5.02 Å². The number of anilines is 1. The molecule has 1 N–H and O–H groups in total. The number of fused-ring (bicyclic) bond motifs is 3. The molecule has 0 saturated carbocycles. The second-order valence-corrected chi connectivity index (χ2v) is 12.8. The number of aryl methyl sites for hydroxylation is 2. The lowest BCUT2D eigenvalue weighted by Crippen LogP contribution is -2.48. The molecule has 0 spiro atoms. The minimum absolute atomic E-state index is 0.257. The van der Waals surface area contributed by atoms with Gasteiger partial charge in [-0.1, -0.05) is 29.8 Å². The Morgan fingerprint density at radius 1 is 0.976 bits per heavy atom. The van der Waals surface area contributed by atoms with Crippen molar-refractivity contribution in [2.75, 3.05) is 37.3 Å². The fourth-order valence-corrected chi connectivity index (χ4v) is 6.56. The van der Waals surface area contributed by atoms with Gasteiger partial charge in [0.1, 0.15) is 6.07 Å². The van der Waals surface area contributed by atoms with Gasteiger partial charge in [-0.25, -0.2) is 8.42 Å². The number of piperazine rings is 1. The van der Waals surface area contributed by atoms with Gasteiger partial charge in [-0.3, -0.25) is 15.0 Å². The molecular formula is C30H28ClN7O2S. The predicted molar refractivity (Wildman–Crippen MR) is 162 cm³/mol. The van der Waals surface area contributed by atoms with Crippen LogP contribution in [0.5, 0.6) is 0 Å². The molecule has 41 heavy (non-hydrogen) atoms. The van der Waals surface area contributed by atoms with E-state index in [4.69, 9.17) is 17.0 Å². The van der Waals surface area contributed by atoms with Crippen LogP contribution in [0.3, 0.4) is 0 Å². The van der Waals surface area contributed by atoms with Crippen LogP contribution in [0.4, 0.5) is 5.69 Å². The molecule has 0 bridgehead atoms. The summed E-state index contributed by atoms with van der Waals surface area (Å²) < 4.78 is 29.1. The first-order valence-electron chi connectivity index (χ1n) is 13.1. The number of hydrogen-bond donors (Lipinski definition) is 1. The number of pyridine rings is 1. The number of aromatic nitrogens is 3. The van der Waals surface area contributed by atoms with Crippen LogP contribution < -0.4 is 10.5 Å². The number of nitriles is 1. The quantitative estimate of drug-likeness (QED) is 0.332. The highest BCUT2D eigenvalue weighted by molar-refractivity contribution is 7.88. The van der Waals surface area contributed by atoms with Crippen LogP contribution >= 0.6 is 11.6 Å². The van der Waals surface area contributed by atoms with Crippen LogP contribution in [0.1, 0.15) is 11.1 Å². The van der Waals surface area contributed by atoms with Gasteiger partial charge in [0.2, 0.25) is 15.6 Å². The van der Waals surface area contributed by atoms with E-state index in [0.29, 0.717) is 36.8 Å². The van der Waals surface area contributed by atoms with E-state index in [1.54, 1.807) is 10.8 Å². The van der Waals surface area contributed by atoms with Crippen LogP contribution in [0.25, 0.3) is 38.8 Å². The van der Waals surface area contributed by atoms with Crippen molar-refractivity contribution in [1.29, 1.82) is 10.7 Å². The first-order valence-corrected chi connectivity index (χ1v) is 15.4. The van der Waals surface area contributed by atoms with Gasteiger partial charge in [-0.05, 0) is 60.0 Å². The lowest BCUT2D eigenvalue weighted by Gasteiger charge is -2.35. The molecule has 0 amide bonds. The summed E-state index contributed by atoms with van der Waals surface area (Å²) in [4.78, 5) is 6.74. The normalized spacial score (nSPS) is 14.6. The Kier molecular flexibility index (Phi) is 6.61. The molecule has 208 valence electrons. The van der Waals surface area contributed by atoms with Crippen LogP contribution in [0, 0.1) is 23.7 Å². The van der Waals surface area contributed by atoms with E-state index in [9.17, 15) is 13.7 Å². The molecule has 0 aliphatic carbocycles. The van der Waals surface area contributed by atoms with E-state index in [0.717, 1.165) is 50.0 Å². The maximum absolute atomic E-state index is 12.0. The number of rotatable bonds is 4. The fraction of sp³-hybridized carbons (Fsp3) is 0.233. The highest BCUT2D eigenvalue weighted by Gasteiger charge is 2.26. The molecule has 1 fully saturated rings. The summed E-state index contributed by atoms with van der Waals surface area (Å²) in [5.41, 5.74) is 7.59. The minimum atomic E-state index is -3.26. The third-order valence-corrected chi connectivity index (χ3v) is 9.39. The molecule has 0 unspecified atom stereocenters. The number of nitrogens with zero attached hydrogens (tertiary/aromatic N) is 6. The SMILES string of the molecule is Cc1cc(N2CCN(S(C)(=O)=O)CC2)c(C#N)cc1-n1c(=N)n(C)c2cnc3ccc(-c4ccc(Cl)cc4)cc3c21. The minimum Gasteiger partial charge on any atom is -0.368 e. The highest BCUT2D eigenvalue weighted by Crippen LogP contribution is 2.33. The van der Waals surface area contributed by atoms with Crippen molar-refractivity contribution in [3.8, 4) is 22.9 Å². The van der Waals surface area contributed by atoms with Gasteiger partial charge in [0.05, 0.1) is 45.9 Å². The van der Waals surface area contributed by atoms with E-state index >= 15 is 0 Å². The molecule has 1 aliphatic heterocycles. The summed E-state index contributed by atoms with van der Waals surface area (Å²) >= 11 is 6.12. The zero-order chi connectivity index (χ0) is 29.1. The van der Waals surface area contributed by atoms with E-state index in [2.05, 4.69) is 22.0 Å². The Hall–Kier alpha value is -4.17. The van der Waals surface area contributed by atoms with Crippen molar-refractivity contribution >= 4 is 49.2 Å². The maximum Gasteiger partial charge on any atom is 0.211 e. The lowest BCUT2D eigenvalue weighted by atomic mass is 10.0. The summed E-state index contributed by atoms with van der Waals surface area (Å²) in [6, 6.07) is 19.9. The van der Waals surface area contributed by atoms with Gasteiger partial charge in [0, 0.05) is 43.6 Å². The molecule has 3 heterocycles. The summed E-state index contributed by atoms with van der Waals surface area (Å²) in [7, 11) is -1.42. The molecule has 1 saturated heterocycles. The molecule has 11 heteroatoms. The first-order chi connectivity index (χ1) is 19.6. The second-order valence-electron chi connectivity index (χ2n) is 10.4. The molecule has 2 aromatic heterocycles. The standard InChI is InChI=1S/C30H28ClN7O2S/c1-19-14-27(36-10-12-37(13-11-36)41(3,39)40)22(17-32)16-26(19)38-29-24-15-21(20-4-7-23(31)8-5-20)6-9-25(24)34-18-28(29)35(2)30(38)33/h4-9,14-16,18,33H,10-13H2,1-3H3. The van der Waals surface area contributed by atoms with Gasteiger partial charge < -0.3 is 9.47 Å². The number of sulfonamides is 1. The lowest BCUT2D eigenvalue weighted by molar-refractivity contribution is 0.388. The molecule has 5 aromatic rings. The van der Waals surface area contributed by atoms with Crippen molar-refractivity contribution < 1.29 is 8.42 Å². The molecule has 0 atom stereocenters. The van der Waals surface area contributed by atoms with Crippen LogP contribution in [-0.4, -0.2) is 59.3 Å². The molecule has 3 aromatic carbocycles. The Morgan fingerprint density at radius 2 is 1.66 bits per heavy atom. The summed E-state index contributed by atoms with van der Waals surface area (Å²) in [5, 5.41) is 20.8. The van der Waals surface area contributed by atoms with Gasteiger partial charge >= 0.3 is 0 Å². The number of hydrogen-bond acceptors (Lipinski definition) is 6. The topological polar surface area (TPSA) is 111 Å². The largest absolute Gasteiger partial charge is 0.368 e. The van der Waals surface area contributed by atoms with Crippen LogP contribution in [0.15, 0.2) is 60.8 Å². The van der Waals surface area contributed by atoms with Gasteiger partial charge in [-0.15, -0.1) is 0 Å². The Balaban J connectivity index is 1.52. The smallest absolute Gasteiger partial charge is 0.211 e. The molecule has 9 nitrogen and oxygen atoms in total. The maximum atomic E-state index is 12.0. The molecular weight excluding hydrogens is 558 g/mol. The molecule has 0 radical (unpaired) electrons. The third kappa shape index (κ3) is 4.66. The summed E-state index contributed by atoms with van der Waals surface area (Å²) in [6.45, 7) is 3.70. The zero-order valence-corrected chi connectivity index (χ0v) is 24.5. The van der Waals surface area contributed by atoms with E-state index in [-0.39, 0.29) is 5.62 Å². The molecule has 1 aliphatic rings. The summed E-state index contributed by atoms with van der Waals surface area (Å²) in [6.07, 6.45) is 3.00. The Morgan fingerprint density at radius 3 is 2.32 bits per heavy atom. The van der Waals surface area contributed by atoms with E-state index < -0.39 is 10.0 Å². The van der Waals surface area contributed by atoms with Crippen molar-refractivity contribution in [3.63, 3.8) is 0 Å². The average Bonchev–Trinajstić information content (AvgIpc) is 3.22. The monoisotopic (exact) mass is 585 g/mol. The summed E-state index contributed by atoms with van der Waals surface area (Å²) in [5.74, 6) is 0. The number of halogens is 1. The second kappa shape index (κ2) is 10.0. The Bertz CT molecular complexity index is 2050. The number of nitrogens with one attached hydrogen (secondary N) is 1. The first kappa shape index (κ1) is 27.0. The average molecular weight is 586 g/mol. The van der Waals surface area contributed by atoms with E-state index in [1.165, 1.54) is 10.6 Å². The zero-order valence-electron chi connectivity index (χ0n) is 22.9. The van der Waals surface area contributed by atoms with Gasteiger partial charge in [-0.2, -0.15) is 9.57 Å². The van der Waals surface area contributed by atoms with Crippen molar-refractivity contribution in [2.24, 2.45) is 7.05 Å². The van der Waals surface area contributed by atoms with Crippen molar-refractivity contribution in [2.45, 2.75) is 6.92 Å². The number of benzene rings is 3. The predicted octanol–water partition coefficient (Wildman–Crippen LogP) is 4.58. The third-order valence-electron chi connectivity index (χ3n) is 7.84. The fourth-order valence-electron chi connectivity index (χ4n) is 5.61. The van der Waals surface area contributed by atoms with Gasteiger partial charge in [0.15, 0.2) is 0 Å². The van der Waals surface area contributed by atoms with Gasteiger partial charge in [0.25, 0.3) is 0 Å². The Labute approximate surface area is 243 Å². The highest BCUT2D eigenvalue weighted by atomic mass is 35.5. The van der Waals surface area contributed by atoms with Crippen molar-refractivity contribution in [1.82, 2.24) is 18.4 Å². The number of imidazole rings is 1. The van der Waals surface area contributed by atoms with E-state index in [1.807, 2.05) is 67.1 Å². The molecule has 6 rings (SSSR count). The van der Waals surface area contributed by atoms with Crippen LogP contribution in [-0.2, 0) is 17.1 Å².